The third kappa shape index (κ3) is 4.26. The van der Waals surface area contributed by atoms with Gasteiger partial charge in [0.05, 0.1) is 16.8 Å². The lowest BCUT2D eigenvalue weighted by Gasteiger charge is -2.21. The standard InChI is InChI=1S/C23H20ClN3OS/c1-26(2)19-11-8-17(9-12-19)22(28)27(15-16-6-4-3-5-7-16)23-25-20-13-10-18(24)14-21(20)29-23/h3-14H,15H2,1-2H3. The lowest BCUT2D eigenvalue weighted by Crippen LogP contribution is -2.30. The Morgan fingerprint density at radius 2 is 1.72 bits per heavy atom. The molecule has 1 aromatic heterocycles. The Morgan fingerprint density at radius 1 is 1.00 bits per heavy atom. The first-order valence-corrected chi connectivity index (χ1v) is 10.4. The molecule has 0 bridgehead atoms. The first-order chi connectivity index (χ1) is 14.0. The molecule has 1 heterocycles. The van der Waals surface area contributed by atoms with Crippen LogP contribution in [-0.2, 0) is 6.54 Å². The summed E-state index contributed by atoms with van der Waals surface area (Å²) in [6.07, 6.45) is 0. The van der Waals surface area contributed by atoms with Crippen LogP contribution < -0.4 is 9.80 Å². The molecule has 4 nitrogen and oxygen atoms in total. The number of aromatic nitrogens is 1. The van der Waals surface area contributed by atoms with Gasteiger partial charge < -0.3 is 4.90 Å². The van der Waals surface area contributed by atoms with Crippen molar-refractivity contribution in [3.05, 3.63) is 88.9 Å². The van der Waals surface area contributed by atoms with Crippen molar-refractivity contribution in [1.29, 1.82) is 0 Å². The summed E-state index contributed by atoms with van der Waals surface area (Å²) in [7, 11) is 3.95. The normalized spacial score (nSPS) is 10.9. The van der Waals surface area contributed by atoms with Gasteiger partial charge in [-0.2, -0.15) is 0 Å². The summed E-state index contributed by atoms with van der Waals surface area (Å²) in [6.45, 7) is 0.447. The van der Waals surface area contributed by atoms with E-state index in [2.05, 4.69) is 0 Å². The van der Waals surface area contributed by atoms with Crippen LogP contribution in [0, 0.1) is 0 Å². The minimum absolute atomic E-state index is 0.0793. The Labute approximate surface area is 179 Å². The number of rotatable bonds is 5. The fraction of sp³-hybridized carbons (Fsp3) is 0.130. The van der Waals surface area contributed by atoms with Gasteiger partial charge in [-0.15, -0.1) is 0 Å². The van der Waals surface area contributed by atoms with E-state index in [1.165, 1.54) is 11.3 Å². The molecule has 0 aliphatic carbocycles. The van der Waals surface area contributed by atoms with Crippen molar-refractivity contribution in [3.63, 3.8) is 0 Å². The second-order valence-corrected chi connectivity index (χ2v) is 8.37. The molecule has 0 spiro atoms. The van der Waals surface area contributed by atoms with Crippen LogP contribution >= 0.6 is 22.9 Å². The fourth-order valence-electron chi connectivity index (χ4n) is 3.05. The maximum atomic E-state index is 13.4. The van der Waals surface area contributed by atoms with Crippen LogP contribution in [0.4, 0.5) is 10.8 Å². The van der Waals surface area contributed by atoms with Crippen molar-refractivity contribution < 1.29 is 4.79 Å². The van der Waals surface area contributed by atoms with Crippen LogP contribution in [0.2, 0.25) is 5.02 Å². The highest BCUT2D eigenvalue weighted by Crippen LogP contribution is 2.32. The van der Waals surface area contributed by atoms with Gasteiger partial charge in [0.15, 0.2) is 5.13 Å². The van der Waals surface area contributed by atoms with E-state index >= 15 is 0 Å². The van der Waals surface area contributed by atoms with E-state index < -0.39 is 0 Å². The molecule has 0 aliphatic heterocycles. The number of carbonyl (C=O) groups excluding carboxylic acids is 1. The van der Waals surface area contributed by atoms with Crippen molar-refractivity contribution in [3.8, 4) is 0 Å². The van der Waals surface area contributed by atoms with E-state index in [1.54, 1.807) is 4.90 Å². The van der Waals surface area contributed by atoms with Gasteiger partial charge in [0.1, 0.15) is 0 Å². The topological polar surface area (TPSA) is 36.4 Å². The zero-order valence-electron chi connectivity index (χ0n) is 16.2. The third-order valence-electron chi connectivity index (χ3n) is 4.63. The molecule has 0 atom stereocenters. The van der Waals surface area contributed by atoms with E-state index in [0.717, 1.165) is 21.5 Å². The van der Waals surface area contributed by atoms with E-state index in [0.29, 0.717) is 22.3 Å². The Kier molecular flexibility index (Phi) is 5.51. The maximum Gasteiger partial charge on any atom is 0.260 e. The molecule has 4 rings (SSSR count). The number of halogens is 1. The van der Waals surface area contributed by atoms with Crippen LogP contribution in [0.1, 0.15) is 15.9 Å². The highest BCUT2D eigenvalue weighted by molar-refractivity contribution is 7.22. The maximum absolute atomic E-state index is 13.4. The Morgan fingerprint density at radius 3 is 2.41 bits per heavy atom. The van der Waals surface area contributed by atoms with E-state index in [4.69, 9.17) is 16.6 Å². The lowest BCUT2D eigenvalue weighted by atomic mass is 10.1. The summed E-state index contributed by atoms with van der Waals surface area (Å²) < 4.78 is 0.960. The molecule has 0 fully saturated rings. The molecule has 146 valence electrons. The van der Waals surface area contributed by atoms with Crippen molar-refractivity contribution in [1.82, 2.24) is 4.98 Å². The Balaban J connectivity index is 1.73. The smallest absolute Gasteiger partial charge is 0.260 e. The number of hydrogen-bond acceptors (Lipinski definition) is 4. The fourth-order valence-corrected chi connectivity index (χ4v) is 4.29. The predicted molar refractivity (Wildman–Crippen MR) is 122 cm³/mol. The molecule has 6 heteroatoms. The SMILES string of the molecule is CN(C)c1ccc(C(=O)N(Cc2ccccc2)c2nc3ccc(Cl)cc3s2)cc1. The van der Waals surface area contributed by atoms with Crippen LogP contribution in [0.15, 0.2) is 72.8 Å². The molecule has 0 unspecified atom stereocenters. The van der Waals surface area contributed by atoms with Gasteiger partial charge in [-0.25, -0.2) is 4.98 Å². The number of thiazole rings is 1. The molecule has 0 radical (unpaired) electrons. The van der Waals surface area contributed by atoms with Crippen LogP contribution in [0.25, 0.3) is 10.2 Å². The molecule has 29 heavy (non-hydrogen) atoms. The first-order valence-electron chi connectivity index (χ1n) is 9.20. The molecule has 0 N–H and O–H groups in total. The summed E-state index contributed by atoms with van der Waals surface area (Å²) in [6, 6.07) is 23.1. The van der Waals surface area contributed by atoms with Crippen LogP contribution in [0.3, 0.4) is 0 Å². The lowest BCUT2D eigenvalue weighted by molar-refractivity contribution is 0.0985. The van der Waals surface area contributed by atoms with E-state index in [1.807, 2.05) is 91.8 Å². The summed E-state index contributed by atoms with van der Waals surface area (Å²) >= 11 is 7.60. The number of anilines is 2. The van der Waals surface area contributed by atoms with Crippen molar-refractivity contribution in [2.24, 2.45) is 0 Å². The highest BCUT2D eigenvalue weighted by Gasteiger charge is 2.22. The third-order valence-corrected chi connectivity index (χ3v) is 5.91. The second kappa shape index (κ2) is 8.23. The second-order valence-electron chi connectivity index (χ2n) is 6.93. The zero-order chi connectivity index (χ0) is 20.4. The van der Waals surface area contributed by atoms with Gasteiger partial charge in [0.25, 0.3) is 5.91 Å². The van der Waals surface area contributed by atoms with Crippen LogP contribution in [0.5, 0.6) is 0 Å². The van der Waals surface area contributed by atoms with Gasteiger partial charge in [0.2, 0.25) is 0 Å². The van der Waals surface area contributed by atoms with Gasteiger partial charge >= 0.3 is 0 Å². The van der Waals surface area contributed by atoms with Crippen molar-refractivity contribution in [2.45, 2.75) is 6.54 Å². The van der Waals surface area contributed by atoms with Gasteiger partial charge in [0, 0.05) is 30.4 Å². The molecular weight excluding hydrogens is 402 g/mol. The molecule has 4 aromatic rings. The monoisotopic (exact) mass is 421 g/mol. The molecule has 0 saturated heterocycles. The summed E-state index contributed by atoms with van der Waals surface area (Å²) in [5, 5.41) is 1.32. The highest BCUT2D eigenvalue weighted by atomic mass is 35.5. The average Bonchev–Trinajstić information content (AvgIpc) is 3.15. The molecule has 0 aliphatic rings. The zero-order valence-corrected chi connectivity index (χ0v) is 17.7. The molecule has 3 aromatic carbocycles. The quantitative estimate of drug-likeness (QED) is 0.404. The summed E-state index contributed by atoms with van der Waals surface area (Å²) in [5.41, 5.74) is 3.56. The molecule has 1 amide bonds. The summed E-state index contributed by atoms with van der Waals surface area (Å²) in [5.74, 6) is -0.0793. The van der Waals surface area contributed by atoms with E-state index in [9.17, 15) is 4.79 Å². The molecule has 0 saturated carbocycles. The number of nitrogens with zero attached hydrogens (tertiary/aromatic N) is 3. The average molecular weight is 422 g/mol. The molecular formula is C23H20ClN3OS. The number of amides is 1. The van der Waals surface area contributed by atoms with Gasteiger partial charge in [-0.1, -0.05) is 53.3 Å². The largest absolute Gasteiger partial charge is 0.378 e. The van der Waals surface area contributed by atoms with Gasteiger partial charge in [-0.3, -0.25) is 9.69 Å². The van der Waals surface area contributed by atoms with Crippen LogP contribution in [-0.4, -0.2) is 25.0 Å². The van der Waals surface area contributed by atoms with Crippen molar-refractivity contribution in [2.75, 3.05) is 23.9 Å². The first kappa shape index (κ1) is 19.4. The number of carbonyl (C=O) groups is 1. The van der Waals surface area contributed by atoms with Gasteiger partial charge in [-0.05, 0) is 48.0 Å². The minimum Gasteiger partial charge on any atom is -0.378 e. The Bertz CT molecular complexity index is 1140. The summed E-state index contributed by atoms with van der Waals surface area (Å²) in [4.78, 5) is 21.9. The number of fused-ring (bicyclic) bond motifs is 1. The Hall–Kier alpha value is -2.89. The van der Waals surface area contributed by atoms with E-state index in [-0.39, 0.29) is 5.91 Å². The van der Waals surface area contributed by atoms with Crippen molar-refractivity contribution >= 4 is 49.9 Å². The minimum atomic E-state index is -0.0793. The number of hydrogen-bond donors (Lipinski definition) is 0. The predicted octanol–water partition coefficient (Wildman–Crippen LogP) is 5.86. The number of benzene rings is 3.